The molecule has 0 spiro atoms. The molecule has 0 aromatic carbocycles. The summed E-state index contributed by atoms with van der Waals surface area (Å²) in [5.41, 5.74) is 0.0777. The van der Waals surface area contributed by atoms with Crippen molar-refractivity contribution in [1.29, 1.82) is 0 Å². The fourth-order valence-corrected chi connectivity index (χ4v) is 0.551. The molecule has 1 heterocycles. The summed E-state index contributed by atoms with van der Waals surface area (Å²) in [6, 6.07) is 2.37. The Morgan fingerprint density at radius 3 is 2.40 bits per heavy atom. The zero-order chi connectivity index (χ0) is 7.56. The van der Waals surface area contributed by atoms with Crippen LogP contribution in [0.15, 0.2) is 24.5 Å². The zero-order valence-electron chi connectivity index (χ0n) is 4.99. The fourth-order valence-electron chi connectivity index (χ4n) is 0.551. The van der Waals surface area contributed by atoms with Gasteiger partial charge in [-0.05, 0) is 0 Å². The molecule has 0 saturated carbocycles. The molecule has 0 atom stereocenters. The number of nitrogens with zero attached hydrogens (tertiary/aromatic N) is 1. The van der Waals surface area contributed by atoms with Gasteiger partial charge < -0.3 is 5.11 Å². The maximum atomic E-state index is 12.1. The lowest BCUT2D eigenvalue weighted by Crippen LogP contribution is -2.20. The molecular formula is C6H5FNO2+. The number of carboxylic acids is 1. The zero-order valence-corrected chi connectivity index (χ0v) is 4.99. The molecule has 0 radical (unpaired) electrons. The molecule has 0 amide bonds. The maximum Gasteiger partial charge on any atom is 0.336 e. The van der Waals surface area contributed by atoms with Gasteiger partial charge in [-0.25, -0.2) is 4.79 Å². The van der Waals surface area contributed by atoms with Crippen molar-refractivity contribution < 1.29 is 19.2 Å². The van der Waals surface area contributed by atoms with E-state index < -0.39 is 5.97 Å². The van der Waals surface area contributed by atoms with Crippen LogP contribution in [0.2, 0.25) is 0 Å². The first-order valence-corrected chi connectivity index (χ1v) is 2.61. The number of rotatable bonds is 1. The van der Waals surface area contributed by atoms with Gasteiger partial charge in [0.2, 0.25) is 12.4 Å². The molecule has 0 aliphatic rings. The number of hydrogen-bond acceptors (Lipinski definition) is 1. The van der Waals surface area contributed by atoms with Crippen molar-refractivity contribution in [1.82, 2.24) is 0 Å². The van der Waals surface area contributed by atoms with E-state index in [9.17, 15) is 9.28 Å². The third-order valence-electron chi connectivity index (χ3n) is 1.04. The predicted octanol–water partition coefficient (Wildman–Crippen LogP) is 0.405. The van der Waals surface area contributed by atoms with E-state index in [-0.39, 0.29) is 10.4 Å². The molecule has 0 unspecified atom stereocenters. The first kappa shape index (κ1) is 6.67. The lowest BCUT2D eigenvalue weighted by Gasteiger charge is -1.85. The lowest BCUT2D eigenvalue weighted by atomic mass is 10.3. The summed E-state index contributed by atoms with van der Waals surface area (Å²) in [6.07, 6.45) is 2.06. The first-order chi connectivity index (χ1) is 4.70. The second-order valence-corrected chi connectivity index (χ2v) is 1.74. The standard InChI is InChI=1S/C6H4FNO2/c7-8-3-1-5(2-4-8)6(9)10/h1-4H/p+1. The van der Waals surface area contributed by atoms with E-state index in [4.69, 9.17) is 5.11 Å². The minimum atomic E-state index is -1.06. The van der Waals surface area contributed by atoms with E-state index in [1.54, 1.807) is 0 Å². The van der Waals surface area contributed by atoms with Gasteiger partial charge in [-0.1, -0.05) is 0 Å². The van der Waals surface area contributed by atoms with Crippen molar-refractivity contribution in [2.24, 2.45) is 0 Å². The maximum absolute atomic E-state index is 12.1. The molecule has 1 aromatic rings. The summed E-state index contributed by atoms with van der Waals surface area (Å²) >= 11 is 0. The van der Waals surface area contributed by atoms with Gasteiger partial charge in [0, 0.05) is 16.9 Å². The van der Waals surface area contributed by atoms with Crippen LogP contribution in [0.4, 0.5) is 4.48 Å². The van der Waals surface area contributed by atoms with Crippen LogP contribution in [-0.2, 0) is 0 Å². The summed E-state index contributed by atoms with van der Waals surface area (Å²) in [6.45, 7) is 0. The molecule has 0 fully saturated rings. The molecule has 52 valence electrons. The van der Waals surface area contributed by atoms with E-state index in [2.05, 4.69) is 0 Å². The second kappa shape index (κ2) is 2.43. The predicted molar refractivity (Wildman–Crippen MR) is 30.1 cm³/mol. The van der Waals surface area contributed by atoms with Gasteiger partial charge >= 0.3 is 5.97 Å². The molecule has 0 aliphatic heterocycles. The number of carbonyl (C=O) groups is 1. The molecule has 10 heavy (non-hydrogen) atoms. The Morgan fingerprint density at radius 2 is 2.00 bits per heavy atom. The molecule has 1 rings (SSSR count). The Balaban J connectivity index is 3.00. The van der Waals surface area contributed by atoms with Gasteiger partial charge in [-0.3, -0.25) is 0 Å². The van der Waals surface area contributed by atoms with Gasteiger partial charge in [0.15, 0.2) is 0 Å². The summed E-state index contributed by atoms with van der Waals surface area (Å²) in [7, 11) is 0. The minimum absolute atomic E-state index is 0.0777. The number of pyridine rings is 1. The Hall–Kier alpha value is -1.45. The van der Waals surface area contributed by atoms with Crippen molar-refractivity contribution in [2.45, 2.75) is 0 Å². The van der Waals surface area contributed by atoms with Crippen LogP contribution in [0, 0.1) is 0 Å². The van der Waals surface area contributed by atoms with Crippen LogP contribution in [-0.4, -0.2) is 11.1 Å². The average molecular weight is 142 g/mol. The number of halogens is 1. The summed E-state index contributed by atoms with van der Waals surface area (Å²) < 4.78 is 12.1. The second-order valence-electron chi connectivity index (χ2n) is 1.74. The van der Waals surface area contributed by atoms with E-state index in [0.29, 0.717) is 0 Å². The number of carboxylic acid groups (broad SMARTS) is 1. The number of aromatic carboxylic acids is 1. The highest BCUT2D eigenvalue weighted by Crippen LogP contribution is 1.93. The molecule has 0 bridgehead atoms. The van der Waals surface area contributed by atoms with Gasteiger partial charge in [0.25, 0.3) is 0 Å². The van der Waals surface area contributed by atoms with E-state index in [1.807, 2.05) is 0 Å². The highest BCUT2D eigenvalue weighted by molar-refractivity contribution is 5.87. The molecule has 1 aromatic heterocycles. The average Bonchev–Trinajstić information content (AvgIpc) is 1.88. The number of hydrogen-bond donors (Lipinski definition) is 1. The van der Waals surface area contributed by atoms with Crippen LogP contribution in [0.5, 0.6) is 0 Å². The van der Waals surface area contributed by atoms with Gasteiger partial charge in [0.05, 0.1) is 10.0 Å². The third kappa shape index (κ3) is 1.28. The molecule has 3 nitrogen and oxygen atoms in total. The molecule has 0 aliphatic carbocycles. The summed E-state index contributed by atoms with van der Waals surface area (Å²) in [5, 5.41) is 8.34. The van der Waals surface area contributed by atoms with E-state index in [1.165, 1.54) is 12.1 Å². The summed E-state index contributed by atoms with van der Waals surface area (Å²) in [5.74, 6) is -1.06. The normalized spacial score (nSPS) is 9.30. The van der Waals surface area contributed by atoms with E-state index >= 15 is 0 Å². The summed E-state index contributed by atoms with van der Waals surface area (Å²) in [4.78, 5) is 10.5. The largest absolute Gasteiger partial charge is 0.478 e. The topological polar surface area (TPSA) is 41.2 Å². The van der Waals surface area contributed by atoms with Crippen molar-refractivity contribution in [3.63, 3.8) is 0 Å². The van der Waals surface area contributed by atoms with Crippen LogP contribution in [0.1, 0.15) is 10.4 Å². The minimum Gasteiger partial charge on any atom is -0.478 e. The smallest absolute Gasteiger partial charge is 0.336 e. The van der Waals surface area contributed by atoms with Crippen molar-refractivity contribution in [2.75, 3.05) is 0 Å². The monoisotopic (exact) mass is 142 g/mol. The third-order valence-corrected chi connectivity index (χ3v) is 1.04. The molecular weight excluding hydrogens is 137 g/mol. The van der Waals surface area contributed by atoms with Crippen LogP contribution in [0.25, 0.3) is 0 Å². The van der Waals surface area contributed by atoms with Gasteiger partial charge in [-0.15, -0.1) is 0 Å². The van der Waals surface area contributed by atoms with Crippen molar-refractivity contribution >= 4 is 5.97 Å². The van der Waals surface area contributed by atoms with Gasteiger partial charge in [-0.2, -0.15) is 0 Å². The highest BCUT2D eigenvalue weighted by atomic mass is 19.2. The van der Waals surface area contributed by atoms with Crippen molar-refractivity contribution in [3.8, 4) is 0 Å². The van der Waals surface area contributed by atoms with Crippen LogP contribution >= 0.6 is 0 Å². The van der Waals surface area contributed by atoms with Crippen LogP contribution in [0.3, 0.4) is 0 Å². The Bertz CT molecular complexity index is 244. The quantitative estimate of drug-likeness (QED) is 0.616. The Labute approximate surface area is 56.3 Å². The highest BCUT2D eigenvalue weighted by Gasteiger charge is 2.04. The van der Waals surface area contributed by atoms with Gasteiger partial charge in [0.1, 0.15) is 0 Å². The Morgan fingerprint density at radius 1 is 1.50 bits per heavy atom. The van der Waals surface area contributed by atoms with Crippen LogP contribution < -0.4 is 4.79 Å². The first-order valence-electron chi connectivity index (χ1n) is 2.61. The molecule has 1 N–H and O–H groups in total. The van der Waals surface area contributed by atoms with Crippen molar-refractivity contribution in [3.05, 3.63) is 30.1 Å². The lowest BCUT2D eigenvalue weighted by molar-refractivity contribution is -0.843. The fraction of sp³-hybridized carbons (Fsp3) is 0. The SMILES string of the molecule is O=C(O)c1cc[n+](F)cc1. The van der Waals surface area contributed by atoms with E-state index in [0.717, 1.165) is 12.4 Å². The Kier molecular flexibility index (Phi) is 1.62. The molecule has 0 saturated heterocycles. The molecule has 4 heteroatoms. The number of aromatic nitrogens is 1.